The second-order valence-corrected chi connectivity index (χ2v) is 8.03. The summed E-state index contributed by atoms with van der Waals surface area (Å²) in [6.07, 6.45) is 0. The number of nitrogens with one attached hydrogen (secondary N) is 1. The second kappa shape index (κ2) is 9.60. The summed E-state index contributed by atoms with van der Waals surface area (Å²) >= 11 is 1.36. The highest BCUT2D eigenvalue weighted by atomic mass is 32.2. The Morgan fingerprint density at radius 2 is 1.86 bits per heavy atom. The number of para-hydroxylation sites is 2. The van der Waals surface area contributed by atoms with Gasteiger partial charge in [-0.2, -0.15) is 0 Å². The summed E-state index contributed by atoms with van der Waals surface area (Å²) in [7, 11) is 1.88. The van der Waals surface area contributed by atoms with Crippen LogP contribution in [0.3, 0.4) is 0 Å². The Bertz CT molecular complexity index is 984. The van der Waals surface area contributed by atoms with Crippen LogP contribution in [0.1, 0.15) is 36.7 Å². The molecule has 0 unspecified atom stereocenters. The lowest BCUT2D eigenvalue weighted by Crippen LogP contribution is -2.16. The summed E-state index contributed by atoms with van der Waals surface area (Å²) in [5, 5.41) is 12.1. The zero-order chi connectivity index (χ0) is 20.8. The maximum Gasteiger partial charge on any atom is 0.234 e. The van der Waals surface area contributed by atoms with Gasteiger partial charge in [-0.25, -0.2) is 0 Å². The van der Waals surface area contributed by atoms with Gasteiger partial charge in [-0.1, -0.05) is 62.0 Å². The number of benzene rings is 2. The fourth-order valence-electron chi connectivity index (χ4n) is 2.89. The zero-order valence-electron chi connectivity index (χ0n) is 17.2. The smallest absolute Gasteiger partial charge is 0.234 e. The van der Waals surface area contributed by atoms with Crippen molar-refractivity contribution in [2.75, 3.05) is 11.1 Å². The van der Waals surface area contributed by atoms with Crippen LogP contribution in [0.15, 0.2) is 53.7 Å². The zero-order valence-corrected chi connectivity index (χ0v) is 18.0. The van der Waals surface area contributed by atoms with E-state index >= 15 is 0 Å². The van der Waals surface area contributed by atoms with Crippen LogP contribution < -0.4 is 10.1 Å². The molecule has 1 N–H and O–H groups in total. The van der Waals surface area contributed by atoms with Gasteiger partial charge in [-0.05, 0) is 36.1 Å². The molecule has 3 aromatic rings. The van der Waals surface area contributed by atoms with Gasteiger partial charge in [0.15, 0.2) is 11.0 Å². The van der Waals surface area contributed by atoms with E-state index in [2.05, 4.69) is 29.4 Å². The van der Waals surface area contributed by atoms with E-state index in [1.165, 1.54) is 11.8 Å². The molecule has 0 fully saturated rings. The van der Waals surface area contributed by atoms with Gasteiger partial charge in [0.1, 0.15) is 12.4 Å². The maximum atomic E-state index is 12.4. The first-order chi connectivity index (χ1) is 14.0. The molecule has 29 heavy (non-hydrogen) atoms. The van der Waals surface area contributed by atoms with Crippen molar-refractivity contribution in [3.63, 3.8) is 0 Å². The monoisotopic (exact) mass is 410 g/mol. The Hall–Kier alpha value is -2.80. The van der Waals surface area contributed by atoms with E-state index in [0.29, 0.717) is 23.5 Å². The molecule has 7 heteroatoms. The maximum absolute atomic E-state index is 12.4. The van der Waals surface area contributed by atoms with Crippen LogP contribution in [-0.2, 0) is 18.4 Å². The Morgan fingerprint density at radius 3 is 2.62 bits per heavy atom. The fourth-order valence-corrected chi connectivity index (χ4v) is 3.62. The van der Waals surface area contributed by atoms with Crippen molar-refractivity contribution in [2.45, 2.75) is 38.5 Å². The Balaban J connectivity index is 1.56. The van der Waals surface area contributed by atoms with Gasteiger partial charge in [0.05, 0.1) is 5.75 Å². The molecule has 0 radical (unpaired) electrons. The van der Waals surface area contributed by atoms with Crippen molar-refractivity contribution in [3.8, 4) is 5.75 Å². The first kappa shape index (κ1) is 20.9. The average molecular weight is 411 g/mol. The largest absolute Gasteiger partial charge is 0.485 e. The molecule has 0 aliphatic carbocycles. The number of thioether (sulfide) groups is 1. The van der Waals surface area contributed by atoms with Crippen LogP contribution in [0, 0.1) is 6.92 Å². The molecule has 0 aliphatic heterocycles. The SMILES string of the molecule is Cc1ccccc1OCc1nnc(SCC(=O)Nc2ccccc2C(C)C)n1C. The first-order valence-electron chi connectivity index (χ1n) is 9.54. The lowest BCUT2D eigenvalue weighted by Gasteiger charge is -2.13. The fraction of sp³-hybridized carbons (Fsp3) is 0.318. The normalized spacial score (nSPS) is 10.9. The minimum absolute atomic E-state index is 0.0659. The van der Waals surface area contributed by atoms with Gasteiger partial charge in [0, 0.05) is 12.7 Å². The summed E-state index contributed by atoms with van der Waals surface area (Å²) < 4.78 is 7.70. The molecule has 0 saturated heterocycles. The third kappa shape index (κ3) is 5.38. The van der Waals surface area contributed by atoms with E-state index in [4.69, 9.17) is 4.74 Å². The van der Waals surface area contributed by atoms with E-state index in [1.54, 1.807) is 0 Å². The topological polar surface area (TPSA) is 69.0 Å². The van der Waals surface area contributed by atoms with Crippen LogP contribution in [0.25, 0.3) is 0 Å². The van der Waals surface area contributed by atoms with E-state index in [1.807, 2.05) is 67.1 Å². The van der Waals surface area contributed by atoms with Crippen molar-refractivity contribution in [1.29, 1.82) is 0 Å². The van der Waals surface area contributed by atoms with Crippen molar-refractivity contribution in [1.82, 2.24) is 14.8 Å². The molecule has 1 heterocycles. The number of rotatable bonds is 8. The third-order valence-corrected chi connectivity index (χ3v) is 5.58. The number of aromatic nitrogens is 3. The quantitative estimate of drug-likeness (QED) is 0.552. The van der Waals surface area contributed by atoms with Gasteiger partial charge < -0.3 is 14.6 Å². The predicted octanol–water partition coefficient (Wildman–Crippen LogP) is 4.56. The molecule has 1 aromatic heterocycles. The molecular formula is C22H26N4O2S. The molecule has 6 nitrogen and oxygen atoms in total. The predicted molar refractivity (Wildman–Crippen MR) is 116 cm³/mol. The Morgan fingerprint density at radius 1 is 1.14 bits per heavy atom. The molecule has 3 rings (SSSR count). The average Bonchev–Trinajstić information content (AvgIpc) is 3.05. The summed E-state index contributed by atoms with van der Waals surface area (Å²) in [5.74, 6) is 2.07. The molecule has 0 bridgehead atoms. The third-order valence-electron chi connectivity index (χ3n) is 4.56. The van der Waals surface area contributed by atoms with Crippen LogP contribution in [0.2, 0.25) is 0 Å². The number of hydrogen-bond donors (Lipinski definition) is 1. The molecule has 0 saturated carbocycles. The van der Waals surface area contributed by atoms with E-state index < -0.39 is 0 Å². The molecule has 1 amide bonds. The number of aryl methyl sites for hydroxylation is 1. The number of ether oxygens (including phenoxy) is 1. The molecule has 0 spiro atoms. The molecule has 0 atom stereocenters. The van der Waals surface area contributed by atoms with E-state index in [0.717, 1.165) is 22.6 Å². The van der Waals surface area contributed by atoms with E-state index in [9.17, 15) is 4.79 Å². The molecule has 0 aliphatic rings. The number of carbonyl (C=O) groups excluding carboxylic acids is 1. The highest BCUT2D eigenvalue weighted by molar-refractivity contribution is 7.99. The van der Waals surface area contributed by atoms with Crippen LogP contribution in [-0.4, -0.2) is 26.4 Å². The van der Waals surface area contributed by atoms with Crippen molar-refractivity contribution >= 4 is 23.4 Å². The van der Waals surface area contributed by atoms with Gasteiger partial charge in [0.25, 0.3) is 0 Å². The van der Waals surface area contributed by atoms with Gasteiger partial charge >= 0.3 is 0 Å². The lowest BCUT2D eigenvalue weighted by molar-refractivity contribution is -0.113. The number of hydrogen-bond acceptors (Lipinski definition) is 5. The van der Waals surface area contributed by atoms with Crippen molar-refractivity contribution in [3.05, 3.63) is 65.5 Å². The van der Waals surface area contributed by atoms with Gasteiger partial charge in [0.2, 0.25) is 5.91 Å². The van der Waals surface area contributed by atoms with Gasteiger partial charge in [-0.15, -0.1) is 10.2 Å². The summed E-state index contributed by atoms with van der Waals surface area (Å²) in [5.41, 5.74) is 3.06. The Labute approximate surface area is 175 Å². The second-order valence-electron chi connectivity index (χ2n) is 7.09. The molecular weight excluding hydrogens is 384 g/mol. The first-order valence-corrected chi connectivity index (χ1v) is 10.5. The number of amides is 1. The van der Waals surface area contributed by atoms with Crippen LogP contribution in [0.5, 0.6) is 5.75 Å². The van der Waals surface area contributed by atoms with Gasteiger partial charge in [-0.3, -0.25) is 4.79 Å². The highest BCUT2D eigenvalue weighted by Crippen LogP contribution is 2.24. The minimum atomic E-state index is -0.0659. The van der Waals surface area contributed by atoms with Crippen LogP contribution in [0.4, 0.5) is 5.69 Å². The summed E-state index contributed by atoms with van der Waals surface area (Å²) in [6.45, 7) is 6.55. The summed E-state index contributed by atoms with van der Waals surface area (Å²) in [6, 6.07) is 15.7. The standard InChI is InChI=1S/C22H26N4O2S/c1-15(2)17-10-6-7-11-18(17)23-21(27)14-29-22-25-24-20(26(22)4)13-28-19-12-8-5-9-16(19)3/h5-12,15H,13-14H2,1-4H3,(H,23,27). The number of anilines is 1. The van der Waals surface area contributed by atoms with Crippen molar-refractivity contribution < 1.29 is 9.53 Å². The van der Waals surface area contributed by atoms with Crippen molar-refractivity contribution in [2.24, 2.45) is 7.05 Å². The number of nitrogens with zero attached hydrogens (tertiary/aromatic N) is 3. The summed E-state index contributed by atoms with van der Waals surface area (Å²) in [4.78, 5) is 12.4. The highest BCUT2D eigenvalue weighted by Gasteiger charge is 2.14. The minimum Gasteiger partial charge on any atom is -0.485 e. The van der Waals surface area contributed by atoms with Crippen LogP contribution >= 0.6 is 11.8 Å². The Kier molecular flexibility index (Phi) is 6.93. The molecule has 2 aromatic carbocycles. The van der Waals surface area contributed by atoms with E-state index in [-0.39, 0.29) is 11.7 Å². The lowest BCUT2D eigenvalue weighted by atomic mass is 10.0. The number of carbonyl (C=O) groups is 1. The molecule has 152 valence electrons.